The van der Waals surface area contributed by atoms with Crippen molar-refractivity contribution < 1.29 is 9.15 Å². The van der Waals surface area contributed by atoms with E-state index in [9.17, 15) is 0 Å². The first-order valence-corrected chi connectivity index (χ1v) is 7.37. The molecule has 1 saturated heterocycles. The molecule has 19 heavy (non-hydrogen) atoms. The molecule has 7 heteroatoms. The smallest absolute Gasteiger partial charge is 0.276 e. The third-order valence-electron chi connectivity index (χ3n) is 3.01. The van der Waals surface area contributed by atoms with Gasteiger partial charge in [0.2, 0.25) is 5.89 Å². The Labute approximate surface area is 115 Å². The molecule has 0 amide bonds. The first-order chi connectivity index (χ1) is 9.42. The van der Waals surface area contributed by atoms with Crippen molar-refractivity contribution >= 4 is 18.0 Å². The van der Waals surface area contributed by atoms with Gasteiger partial charge in [-0.2, -0.15) is 0 Å². The summed E-state index contributed by atoms with van der Waals surface area (Å²) in [5, 5.41) is 12.1. The van der Waals surface area contributed by atoms with Gasteiger partial charge < -0.3 is 14.5 Å². The minimum absolute atomic E-state index is 0.159. The molecule has 1 N–H and O–H groups in total. The van der Waals surface area contributed by atoms with Gasteiger partial charge in [-0.1, -0.05) is 17.8 Å². The molecular weight excluding hydrogens is 264 g/mol. The summed E-state index contributed by atoms with van der Waals surface area (Å²) in [6.45, 7) is 2.59. The van der Waals surface area contributed by atoms with Crippen LogP contribution in [0.15, 0.2) is 26.9 Å². The Bertz CT molecular complexity index is 468. The fourth-order valence-electron chi connectivity index (χ4n) is 1.97. The van der Waals surface area contributed by atoms with Crippen LogP contribution in [0.5, 0.6) is 0 Å². The molecule has 1 aromatic heterocycles. The summed E-state index contributed by atoms with van der Waals surface area (Å²) >= 11 is 1.55. The van der Waals surface area contributed by atoms with Crippen LogP contribution in [0.25, 0.3) is 0 Å². The summed E-state index contributed by atoms with van der Waals surface area (Å²) in [5.74, 6) is 1.65. The Morgan fingerprint density at radius 1 is 1.42 bits per heavy atom. The molecule has 2 aliphatic rings. The summed E-state index contributed by atoms with van der Waals surface area (Å²) in [6, 6.07) is 0. The van der Waals surface area contributed by atoms with E-state index in [1.807, 2.05) is 12.3 Å². The Balaban J connectivity index is 1.52. The number of nitrogens with zero attached hydrogens (tertiary/aromatic N) is 3. The number of hydrogen-bond donors (Lipinski definition) is 1. The average molecular weight is 280 g/mol. The maximum Gasteiger partial charge on any atom is 0.276 e. The minimum Gasteiger partial charge on any atom is -0.415 e. The lowest BCUT2D eigenvalue weighted by Gasteiger charge is -2.22. The predicted octanol–water partition coefficient (Wildman–Crippen LogP) is 1.22. The highest BCUT2D eigenvalue weighted by Gasteiger charge is 2.19. The van der Waals surface area contributed by atoms with Gasteiger partial charge in [-0.3, -0.25) is 4.99 Å². The fraction of sp³-hybridized carbons (Fsp3) is 0.583. The molecule has 0 radical (unpaired) electrons. The normalized spacial score (nSPS) is 26.7. The van der Waals surface area contributed by atoms with E-state index in [0.29, 0.717) is 11.1 Å². The average Bonchev–Trinajstić information content (AvgIpc) is 2.96. The summed E-state index contributed by atoms with van der Waals surface area (Å²) < 4.78 is 11.3. The molecule has 0 aromatic carbocycles. The van der Waals surface area contributed by atoms with Gasteiger partial charge in [-0.25, -0.2) is 0 Å². The molecule has 1 fully saturated rings. The van der Waals surface area contributed by atoms with Crippen LogP contribution in [0.2, 0.25) is 0 Å². The van der Waals surface area contributed by atoms with E-state index in [0.717, 1.165) is 31.9 Å². The van der Waals surface area contributed by atoms with Crippen LogP contribution in [0.4, 0.5) is 0 Å². The Kier molecular flexibility index (Phi) is 4.27. The number of rotatable bonds is 4. The van der Waals surface area contributed by atoms with Crippen molar-refractivity contribution in [1.82, 2.24) is 15.5 Å². The van der Waals surface area contributed by atoms with E-state index in [2.05, 4.69) is 20.5 Å². The molecule has 2 aliphatic heterocycles. The third-order valence-corrected chi connectivity index (χ3v) is 3.96. The quantitative estimate of drug-likeness (QED) is 0.836. The second-order valence-electron chi connectivity index (χ2n) is 4.43. The molecule has 2 atom stereocenters. The maximum atomic E-state index is 5.67. The summed E-state index contributed by atoms with van der Waals surface area (Å²) in [7, 11) is 0. The number of nitrogens with one attached hydrogen (secondary N) is 1. The predicted molar refractivity (Wildman–Crippen MR) is 72.6 cm³/mol. The van der Waals surface area contributed by atoms with Crippen LogP contribution >= 0.6 is 11.8 Å². The van der Waals surface area contributed by atoms with Crippen LogP contribution in [-0.4, -0.2) is 48.0 Å². The molecule has 0 aliphatic carbocycles. The SMILES string of the molecule is C1=CC(c2nnc(SC[C@@H]3CNCCO3)o2)CC=N1. The highest BCUT2D eigenvalue weighted by atomic mass is 32.2. The van der Waals surface area contributed by atoms with Gasteiger partial charge in [-0.05, 0) is 6.42 Å². The summed E-state index contributed by atoms with van der Waals surface area (Å²) in [6.07, 6.45) is 6.65. The fourth-order valence-corrected chi connectivity index (χ4v) is 2.76. The zero-order valence-electron chi connectivity index (χ0n) is 10.5. The molecule has 1 unspecified atom stereocenters. The molecule has 3 heterocycles. The van der Waals surface area contributed by atoms with Crippen LogP contribution in [0, 0.1) is 0 Å². The Morgan fingerprint density at radius 2 is 2.42 bits per heavy atom. The molecule has 0 saturated carbocycles. The van der Waals surface area contributed by atoms with Crippen molar-refractivity contribution in [3.8, 4) is 0 Å². The molecule has 6 nitrogen and oxygen atoms in total. The Morgan fingerprint density at radius 3 is 3.21 bits per heavy atom. The first-order valence-electron chi connectivity index (χ1n) is 6.38. The van der Waals surface area contributed by atoms with Crippen molar-refractivity contribution in [1.29, 1.82) is 0 Å². The van der Waals surface area contributed by atoms with Gasteiger partial charge in [0.1, 0.15) is 0 Å². The van der Waals surface area contributed by atoms with Gasteiger partial charge in [0, 0.05) is 31.3 Å². The monoisotopic (exact) mass is 280 g/mol. The highest BCUT2D eigenvalue weighted by molar-refractivity contribution is 7.99. The zero-order valence-corrected chi connectivity index (χ0v) is 11.3. The third kappa shape index (κ3) is 3.43. The van der Waals surface area contributed by atoms with Crippen molar-refractivity contribution in [3.05, 3.63) is 18.2 Å². The summed E-state index contributed by atoms with van der Waals surface area (Å²) in [5.41, 5.74) is 0. The number of ether oxygens (including phenoxy) is 1. The summed E-state index contributed by atoms with van der Waals surface area (Å²) in [4.78, 5) is 4.03. The largest absolute Gasteiger partial charge is 0.415 e. The van der Waals surface area contributed by atoms with Gasteiger partial charge in [0.15, 0.2) is 0 Å². The number of allylic oxidation sites excluding steroid dienone is 1. The van der Waals surface area contributed by atoms with Crippen LogP contribution in [0.3, 0.4) is 0 Å². The van der Waals surface area contributed by atoms with E-state index < -0.39 is 0 Å². The molecule has 102 valence electrons. The van der Waals surface area contributed by atoms with Crippen LogP contribution in [0.1, 0.15) is 18.2 Å². The number of aromatic nitrogens is 2. The number of hydrogen-bond acceptors (Lipinski definition) is 7. The number of morpholine rings is 1. The molecular formula is C12H16N4O2S. The topological polar surface area (TPSA) is 72.5 Å². The first kappa shape index (κ1) is 12.8. The van der Waals surface area contributed by atoms with Gasteiger partial charge in [-0.15, -0.1) is 10.2 Å². The second kappa shape index (κ2) is 6.31. The zero-order chi connectivity index (χ0) is 12.9. The van der Waals surface area contributed by atoms with Crippen molar-refractivity contribution in [2.24, 2.45) is 4.99 Å². The number of aliphatic imine (C=N–C) groups is 1. The van der Waals surface area contributed by atoms with Gasteiger partial charge >= 0.3 is 0 Å². The van der Waals surface area contributed by atoms with Crippen LogP contribution < -0.4 is 5.32 Å². The maximum absolute atomic E-state index is 5.67. The van der Waals surface area contributed by atoms with E-state index in [1.165, 1.54) is 0 Å². The van der Waals surface area contributed by atoms with Crippen molar-refractivity contribution in [2.75, 3.05) is 25.4 Å². The number of thioether (sulfide) groups is 1. The molecule has 1 aromatic rings. The Hall–Kier alpha value is -1.18. The highest BCUT2D eigenvalue weighted by Crippen LogP contribution is 2.25. The van der Waals surface area contributed by atoms with Crippen molar-refractivity contribution in [3.63, 3.8) is 0 Å². The lowest BCUT2D eigenvalue weighted by atomic mass is 10.1. The molecule has 0 spiro atoms. The van der Waals surface area contributed by atoms with E-state index >= 15 is 0 Å². The molecule has 0 bridgehead atoms. The molecule has 3 rings (SSSR count). The second-order valence-corrected chi connectivity index (χ2v) is 5.40. The van der Waals surface area contributed by atoms with Crippen LogP contribution in [-0.2, 0) is 4.74 Å². The van der Waals surface area contributed by atoms with Crippen molar-refractivity contribution in [2.45, 2.75) is 23.7 Å². The minimum atomic E-state index is 0.159. The lowest BCUT2D eigenvalue weighted by Crippen LogP contribution is -2.39. The van der Waals surface area contributed by atoms with E-state index in [-0.39, 0.29) is 12.0 Å². The standard InChI is InChI=1S/C12H16N4O2S/c1-3-13-4-2-9(1)11-15-16-12(18-11)19-8-10-7-14-5-6-17-10/h1,3-4,9-10,14H,2,5-8H2/t9?,10-/m0/s1. The van der Waals surface area contributed by atoms with E-state index in [4.69, 9.17) is 9.15 Å². The van der Waals surface area contributed by atoms with Gasteiger partial charge in [0.25, 0.3) is 5.22 Å². The lowest BCUT2D eigenvalue weighted by molar-refractivity contribution is 0.0439. The van der Waals surface area contributed by atoms with Gasteiger partial charge in [0.05, 0.1) is 18.6 Å². The van der Waals surface area contributed by atoms with E-state index in [1.54, 1.807) is 18.0 Å².